The van der Waals surface area contributed by atoms with Crippen molar-refractivity contribution in [3.05, 3.63) is 41.7 Å². The van der Waals surface area contributed by atoms with Gasteiger partial charge in [-0.15, -0.1) is 24.0 Å². The molecule has 172 valence electrons. The Labute approximate surface area is 202 Å². The summed E-state index contributed by atoms with van der Waals surface area (Å²) in [7, 11) is 5.24. The van der Waals surface area contributed by atoms with Gasteiger partial charge in [0.15, 0.2) is 17.5 Å². The van der Waals surface area contributed by atoms with Crippen molar-refractivity contribution < 1.29 is 14.2 Å². The number of aromatic nitrogens is 2. The van der Waals surface area contributed by atoms with E-state index in [9.17, 15) is 0 Å². The van der Waals surface area contributed by atoms with E-state index in [0.717, 1.165) is 62.0 Å². The zero-order chi connectivity index (χ0) is 21.3. The van der Waals surface area contributed by atoms with Crippen LogP contribution < -0.4 is 14.8 Å². The van der Waals surface area contributed by atoms with Gasteiger partial charge in [-0.3, -0.25) is 9.67 Å². The van der Waals surface area contributed by atoms with E-state index in [1.54, 1.807) is 14.2 Å². The topological polar surface area (TPSA) is 73.1 Å². The first kappa shape index (κ1) is 25.3. The average Bonchev–Trinajstić information content (AvgIpc) is 3.22. The fourth-order valence-corrected chi connectivity index (χ4v) is 3.58. The highest BCUT2D eigenvalue weighted by molar-refractivity contribution is 14.0. The number of rotatable bonds is 8. The maximum Gasteiger partial charge on any atom is 0.194 e. The first-order chi connectivity index (χ1) is 14.6. The first-order valence-corrected chi connectivity index (χ1v) is 10.5. The molecule has 1 aliphatic rings. The summed E-state index contributed by atoms with van der Waals surface area (Å²) in [5, 5.41) is 7.69. The number of guanidine groups is 1. The highest BCUT2D eigenvalue weighted by Crippen LogP contribution is 2.28. The molecule has 0 bridgehead atoms. The Balaban J connectivity index is 0.00000341. The Hall–Kier alpha value is -2.01. The third-order valence-corrected chi connectivity index (χ3v) is 5.13. The van der Waals surface area contributed by atoms with E-state index in [-0.39, 0.29) is 30.1 Å². The van der Waals surface area contributed by atoms with Crippen molar-refractivity contribution in [3.8, 4) is 11.5 Å². The van der Waals surface area contributed by atoms with Gasteiger partial charge in [-0.2, -0.15) is 5.10 Å². The number of hydrogen-bond donors (Lipinski definition) is 1. The van der Waals surface area contributed by atoms with Crippen molar-refractivity contribution in [2.75, 3.05) is 47.0 Å². The van der Waals surface area contributed by atoms with E-state index in [0.29, 0.717) is 6.61 Å². The quantitative estimate of drug-likeness (QED) is 0.239. The molecule has 1 aromatic carbocycles. The fourth-order valence-electron chi connectivity index (χ4n) is 3.58. The van der Waals surface area contributed by atoms with E-state index in [1.165, 1.54) is 5.56 Å². The number of nitrogens with one attached hydrogen (secondary N) is 1. The van der Waals surface area contributed by atoms with Crippen molar-refractivity contribution in [2.45, 2.75) is 25.9 Å². The van der Waals surface area contributed by atoms with Gasteiger partial charge < -0.3 is 24.4 Å². The predicted molar refractivity (Wildman–Crippen MR) is 133 cm³/mol. The van der Waals surface area contributed by atoms with Crippen molar-refractivity contribution in [1.82, 2.24) is 20.0 Å². The summed E-state index contributed by atoms with van der Waals surface area (Å²) in [6.45, 7) is 5.97. The van der Waals surface area contributed by atoms with Crippen LogP contribution >= 0.6 is 24.0 Å². The average molecular weight is 543 g/mol. The fraction of sp³-hybridized carbons (Fsp3) is 0.545. The summed E-state index contributed by atoms with van der Waals surface area (Å²) in [6.07, 6.45) is 5.80. The third kappa shape index (κ3) is 6.99. The zero-order valence-electron chi connectivity index (χ0n) is 18.8. The summed E-state index contributed by atoms with van der Waals surface area (Å²) < 4.78 is 18.5. The molecule has 0 radical (unpaired) electrons. The molecule has 2 heterocycles. The summed E-state index contributed by atoms with van der Waals surface area (Å²) in [6, 6.07) is 6.07. The smallest absolute Gasteiger partial charge is 0.194 e. The monoisotopic (exact) mass is 543 g/mol. The van der Waals surface area contributed by atoms with Gasteiger partial charge in [-0.05, 0) is 37.5 Å². The largest absolute Gasteiger partial charge is 0.493 e. The van der Waals surface area contributed by atoms with Gasteiger partial charge in [0.1, 0.15) is 6.10 Å². The predicted octanol–water partition coefficient (Wildman–Crippen LogP) is 3.03. The second kappa shape index (κ2) is 12.7. The van der Waals surface area contributed by atoms with Crippen molar-refractivity contribution in [1.29, 1.82) is 0 Å². The maximum atomic E-state index is 5.96. The van der Waals surface area contributed by atoms with Gasteiger partial charge in [0.2, 0.25) is 0 Å². The van der Waals surface area contributed by atoms with E-state index in [2.05, 4.69) is 28.3 Å². The maximum absolute atomic E-state index is 5.96. The number of benzene rings is 1. The second-order valence-electron chi connectivity index (χ2n) is 7.28. The van der Waals surface area contributed by atoms with Crippen LogP contribution in [0.15, 0.2) is 35.6 Å². The van der Waals surface area contributed by atoms with Crippen molar-refractivity contribution in [3.63, 3.8) is 0 Å². The number of nitrogens with zero attached hydrogens (tertiary/aromatic N) is 4. The lowest BCUT2D eigenvalue weighted by molar-refractivity contribution is -0.00804. The van der Waals surface area contributed by atoms with E-state index in [1.807, 2.05) is 36.3 Å². The van der Waals surface area contributed by atoms with Crippen LogP contribution in [0, 0.1) is 0 Å². The highest BCUT2D eigenvalue weighted by atomic mass is 127. The molecule has 1 saturated heterocycles. The van der Waals surface area contributed by atoms with E-state index < -0.39 is 0 Å². The number of aryl methyl sites for hydroxylation is 2. The molecule has 0 amide bonds. The van der Waals surface area contributed by atoms with E-state index in [4.69, 9.17) is 19.2 Å². The molecule has 8 nitrogen and oxygen atoms in total. The van der Waals surface area contributed by atoms with Crippen molar-refractivity contribution in [2.24, 2.45) is 12.0 Å². The minimum atomic E-state index is 0. The lowest BCUT2D eigenvalue weighted by atomic mass is 10.1. The summed E-state index contributed by atoms with van der Waals surface area (Å²) in [5.41, 5.74) is 2.32. The molecule has 31 heavy (non-hydrogen) atoms. The molecule has 1 atom stereocenters. The van der Waals surface area contributed by atoms with Gasteiger partial charge in [0.25, 0.3) is 0 Å². The number of hydrogen-bond acceptors (Lipinski definition) is 5. The van der Waals surface area contributed by atoms with Crippen LogP contribution in [0.1, 0.15) is 30.6 Å². The van der Waals surface area contributed by atoms with Crippen LogP contribution in [0.4, 0.5) is 0 Å². The Morgan fingerprint density at radius 1 is 1.29 bits per heavy atom. The van der Waals surface area contributed by atoms with E-state index >= 15 is 0 Å². The second-order valence-corrected chi connectivity index (χ2v) is 7.28. The van der Waals surface area contributed by atoms with Gasteiger partial charge in [-0.1, -0.05) is 6.07 Å². The van der Waals surface area contributed by atoms with Crippen LogP contribution in [-0.4, -0.2) is 67.6 Å². The molecular weight excluding hydrogens is 509 g/mol. The number of ether oxygens (including phenoxy) is 3. The number of methoxy groups -OCH3 is 2. The molecule has 1 aromatic heterocycles. The summed E-state index contributed by atoms with van der Waals surface area (Å²) in [4.78, 5) is 7.14. The number of halogens is 1. The molecule has 1 N–H and O–H groups in total. The van der Waals surface area contributed by atoms with Crippen LogP contribution in [0.5, 0.6) is 11.5 Å². The Kier molecular flexibility index (Phi) is 10.4. The number of morpholine rings is 1. The standard InChI is InChI=1S/C22H33N5O3.HI/c1-5-23-22(27-11-12-30-21(16-27)18-14-25-26(2)15-18)24-10-6-7-17-8-9-19(28-3)20(13-17)29-4;/h8-9,13-15,21H,5-7,10-12,16H2,1-4H3,(H,23,24);1H. The molecular formula is C22H34IN5O3. The SMILES string of the molecule is CCNC(=NCCCc1ccc(OC)c(OC)c1)N1CCOC(c2cnn(C)c2)C1.I. The summed E-state index contributed by atoms with van der Waals surface area (Å²) >= 11 is 0. The molecule has 1 aliphatic heterocycles. The molecule has 1 unspecified atom stereocenters. The lowest BCUT2D eigenvalue weighted by Gasteiger charge is -2.34. The highest BCUT2D eigenvalue weighted by Gasteiger charge is 2.25. The third-order valence-electron chi connectivity index (χ3n) is 5.13. The minimum absolute atomic E-state index is 0. The van der Waals surface area contributed by atoms with Crippen LogP contribution in [-0.2, 0) is 18.2 Å². The molecule has 3 rings (SSSR count). The summed E-state index contributed by atoms with van der Waals surface area (Å²) in [5.74, 6) is 2.47. The molecule has 0 saturated carbocycles. The Bertz CT molecular complexity index is 842. The van der Waals surface area contributed by atoms with Crippen LogP contribution in [0.25, 0.3) is 0 Å². The molecule has 1 fully saturated rings. The van der Waals surface area contributed by atoms with Crippen LogP contribution in [0.3, 0.4) is 0 Å². The zero-order valence-corrected chi connectivity index (χ0v) is 21.2. The molecule has 9 heteroatoms. The molecule has 0 aliphatic carbocycles. The Morgan fingerprint density at radius 3 is 2.77 bits per heavy atom. The normalized spacial score (nSPS) is 16.6. The van der Waals surface area contributed by atoms with Gasteiger partial charge in [0, 0.05) is 38.4 Å². The first-order valence-electron chi connectivity index (χ1n) is 10.5. The Morgan fingerprint density at radius 2 is 2.10 bits per heavy atom. The van der Waals surface area contributed by atoms with Crippen LogP contribution in [0.2, 0.25) is 0 Å². The lowest BCUT2D eigenvalue weighted by Crippen LogP contribution is -2.48. The molecule has 0 spiro atoms. The van der Waals surface area contributed by atoms with Gasteiger partial charge in [-0.25, -0.2) is 0 Å². The molecule has 2 aromatic rings. The minimum Gasteiger partial charge on any atom is -0.493 e. The van der Waals surface area contributed by atoms with Crippen molar-refractivity contribution >= 4 is 29.9 Å². The van der Waals surface area contributed by atoms with Gasteiger partial charge in [0.05, 0.1) is 33.6 Å². The number of aliphatic imine (C=N–C) groups is 1. The van der Waals surface area contributed by atoms with Gasteiger partial charge >= 0.3 is 0 Å².